The molecule has 256 valence electrons. The number of benzene rings is 2. The van der Waals surface area contributed by atoms with Crippen molar-refractivity contribution in [3.8, 4) is 11.8 Å². The summed E-state index contributed by atoms with van der Waals surface area (Å²) in [5.74, 6) is 0.156. The number of piperazine rings is 1. The Hall–Kier alpha value is -4.80. The Morgan fingerprint density at radius 3 is 2.39 bits per heavy atom. The van der Waals surface area contributed by atoms with Crippen LogP contribution in [0.1, 0.15) is 55.7 Å². The molecule has 0 atom stereocenters. The van der Waals surface area contributed by atoms with Crippen molar-refractivity contribution >= 4 is 41.0 Å². The van der Waals surface area contributed by atoms with E-state index in [1.807, 2.05) is 33.8 Å². The third-order valence-electron chi connectivity index (χ3n) is 9.81. The summed E-state index contributed by atoms with van der Waals surface area (Å²) in [5, 5.41) is 23.5. The predicted molar refractivity (Wildman–Crippen MR) is 181 cm³/mol. The number of hydrogen-bond donors (Lipinski definition) is 2. The van der Waals surface area contributed by atoms with Crippen LogP contribution in [0.2, 0.25) is 5.02 Å². The molecule has 49 heavy (non-hydrogen) atoms. The molecule has 14 heteroatoms. The highest BCUT2D eigenvalue weighted by atomic mass is 35.5. The number of nitriles is 1. The Bertz CT molecular complexity index is 1800. The second-order valence-electron chi connectivity index (χ2n) is 13.9. The molecule has 3 aromatic rings. The highest BCUT2D eigenvalue weighted by Gasteiger charge is 2.64. The summed E-state index contributed by atoms with van der Waals surface area (Å²) in [5.41, 5.74) is 0.700. The number of urea groups is 1. The molecule has 2 N–H and O–H groups in total. The molecule has 1 aliphatic carbocycles. The lowest BCUT2D eigenvalue weighted by atomic mass is 9.49. The third kappa shape index (κ3) is 6.75. The molecule has 4 amide bonds. The lowest BCUT2D eigenvalue weighted by molar-refractivity contribution is -0.164. The van der Waals surface area contributed by atoms with Gasteiger partial charge >= 0.3 is 6.03 Å². The van der Waals surface area contributed by atoms with Gasteiger partial charge in [-0.15, -0.1) is 10.2 Å². The van der Waals surface area contributed by atoms with Crippen LogP contribution in [0.5, 0.6) is 5.75 Å². The topological polar surface area (TPSA) is 144 Å². The van der Waals surface area contributed by atoms with Crippen molar-refractivity contribution < 1.29 is 23.5 Å². The molecule has 0 bridgehead atoms. The third-order valence-corrected chi connectivity index (χ3v) is 10.1. The fraction of sp³-hybridized carbons (Fsp3) is 0.429. The van der Waals surface area contributed by atoms with E-state index in [4.69, 9.17) is 21.6 Å². The number of carbonyl (C=O) groups is 3. The van der Waals surface area contributed by atoms with E-state index >= 15 is 4.39 Å². The van der Waals surface area contributed by atoms with Gasteiger partial charge < -0.3 is 15.0 Å². The minimum Gasteiger partial charge on any atom is -0.489 e. The summed E-state index contributed by atoms with van der Waals surface area (Å²) in [6, 6.07) is 14.5. The second kappa shape index (κ2) is 13.2. The van der Waals surface area contributed by atoms with Crippen molar-refractivity contribution in [2.45, 2.75) is 52.8 Å². The summed E-state index contributed by atoms with van der Waals surface area (Å²) in [4.78, 5) is 42.4. The van der Waals surface area contributed by atoms with E-state index in [0.717, 1.165) is 0 Å². The van der Waals surface area contributed by atoms with E-state index in [-0.39, 0.29) is 42.6 Å². The zero-order valence-electron chi connectivity index (χ0n) is 27.8. The van der Waals surface area contributed by atoms with Crippen molar-refractivity contribution in [2.24, 2.45) is 10.8 Å². The number of hydrogen-bond acceptors (Lipinski definition) is 9. The van der Waals surface area contributed by atoms with Crippen molar-refractivity contribution in [3.05, 3.63) is 76.2 Å². The van der Waals surface area contributed by atoms with Crippen LogP contribution in [0.15, 0.2) is 48.5 Å². The number of imide groups is 1. The summed E-state index contributed by atoms with van der Waals surface area (Å²) in [6.45, 7) is 11.4. The van der Waals surface area contributed by atoms with Gasteiger partial charge in [-0.1, -0.05) is 45.4 Å². The minimum atomic E-state index is -0.547. The Balaban J connectivity index is 1.01. The normalized spacial score (nSPS) is 21.7. The van der Waals surface area contributed by atoms with Gasteiger partial charge in [-0.05, 0) is 36.4 Å². The SMILES string of the molecule is CC1(C)C(NC(=O)c2ccc(N3CCN(Cc4ccc(N5CCC(=O)NC5=O)cc4F)CC3)nn2)C(C)(C)C1Oc1ccc(C#N)c(Cl)c1. The Labute approximate surface area is 289 Å². The molecular weight excluding hydrogens is 651 g/mol. The smallest absolute Gasteiger partial charge is 0.328 e. The number of amides is 4. The molecule has 2 aromatic carbocycles. The zero-order valence-corrected chi connectivity index (χ0v) is 28.6. The first-order valence-electron chi connectivity index (χ1n) is 16.2. The molecule has 0 unspecified atom stereocenters. The average Bonchev–Trinajstić information content (AvgIpc) is 3.07. The standard InChI is InChI=1S/C35H38ClFN8O4/c1-34(2)31(35(3,4)32(34)49-24-8-6-21(19-38)25(36)18-24)40-30(47)27-9-10-28(42-41-27)44-15-13-43(14-16-44)20-22-5-7-23(17-26(22)37)45-12-11-29(46)39-33(45)48/h5-10,17-18,31-32H,11-16,20H2,1-4H3,(H,40,47)(H,39,46,48). The molecule has 0 radical (unpaired) electrons. The summed E-state index contributed by atoms with van der Waals surface area (Å²) in [7, 11) is 0. The lowest BCUT2D eigenvalue weighted by Gasteiger charge is -2.63. The van der Waals surface area contributed by atoms with E-state index in [1.165, 1.54) is 11.0 Å². The van der Waals surface area contributed by atoms with Gasteiger partial charge in [0.25, 0.3) is 5.91 Å². The molecule has 3 heterocycles. The maximum Gasteiger partial charge on any atom is 0.328 e. The van der Waals surface area contributed by atoms with E-state index in [0.29, 0.717) is 66.1 Å². The molecule has 1 aromatic heterocycles. The van der Waals surface area contributed by atoms with Crippen molar-refractivity contribution in [3.63, 3.8) is 0 Å². The van der Waals surface area contributed by atoms with Gasteiger partial charge in [0.05, 0.1) is 10.6 Å². The molecule has 1 saturated carbocycles. The Morgan fingerprint density at radius 2 is 1.78 bits per heavy atom. The summed E-state index contributed by atoms with van der Waals surface area (Å²) >= 11 is 6.21. The van der Waals surface area contributed by atoms with Crippen LogP contribution in [-0.2, 0) is 11.3 Å². The van der Waals surface area contributed by atoms with Crippen LogP contribution in [0.4, 0.5) is 20.7 Å². The minimum absolute atomic E-state index is 0.173. The first-order valence-corrected chi connectivity index (χ1v) is 16.5. The van der Waals surface area contributed by atoms with E-state index in [2.05, 4.69) is 30.6 Å². The van der Waals surface area contributed by atoms with E-state index in [9.17, 15) is 14.4 Å². The van der Waals surface area contributed by atoms with Gasteiger partial charge in [-0.25, -0.2) is 9.18 Å². The number of ether oxygens (including phenoxy) is 1. The molecule has 3 fully saturated rings. The maximum absolute atomic E-state index is 15.0. The first-order chi connectivity index (χ1) is 23.3. The quantitative estimate of drug-likeness (QED) is 0.349. The van der Waals surface area contributed by atoms with Gasteiger partial charge in [0.2, 0.25) is 5.91 Å². The van der Waals surface area contributed by atoms with Gasteiger partial charge in [-0.3, -0.25) is 24.7 Å². The molecule has 6 rings (SSSR count). The van der Waals surface area contributed by atoms with Crippen LogP contribution >= 0.6 is 11.6 Å². The lowest BCUT2D eigenvalue weighted by Crippen LogP contribution is -2.74. The highest BCUT2D eigenvalue weighted by Crippen LogP contribution is 2.55. The maximum atomic E-state index is 15.0. The van der Waals surface area contributed by atoms with Crippen molar-refractivity contribution in [1.29, 1.82) is 5.26 Å². The Kier molecular flexibility index (Phi) is 9.21. The van der Waals surface area contributed by atoms with Crippen LogP contribution in [-0.4, -0.2) is 77.8 Å². The van der Waals surface area contributed by atoms with E-state index in [1.54, 1.807) is 42.5 Å². The number of carbonyl (C=O) groups excluding carboxylic acids is 3. The predicted octanol–water partition coefficient (Wildman–Crippen LogP) is 4.52. The number of nitrogens with one attached hydrogen (secondary N) is 2. The van der Waals surface area contributed by atoms with Crippen LogP contribution in [0, 0.1) is 28.0 Å². The van der Waals surface area contributed by atoms with Crippen molar-refractivity contribution in [1.82, 2.24) is 25.7 Å². The molecule has 3 aliphatic rings. The monoisotopic (exact) mass is 688 g/mol. The Morgan fingerprint density at radius 1 is 1.04 bits per heavy atom. The van der Waals surface area contributed by atoms with Gasteiger partial charge in [0, 0.05) is 79.9 Å². The number of rotatable bonds is 8. The molecule has 2 saturated heterocycles. The molecule has 12 nitrogen and oxygen atoms in total. The number of nitrogens with zero attached hydrogens (tertiary/aromatic N) is 6. The fourth-order valence-electron chi connectivity index (χ4n) is 7.43. The van der Waals surface area contributed by atoms with Crippen LogP contribution in [0.3, 0.4) is 0 Å². The molecular formula is C35H38ClFN8O4. The van der Waals surface area contributed by atoms with Crippen LogP contribution in [0.25, 0.3) is 0 Å². The number of anilines is 2. The summed E-state index contributed by atoms with van der Waals surface area (Å²) in [6.07, 6.45) is -0.0554. The van der Waals surface area contributed by atoms with E-state index < -0.39 is 22.7 Å². The average molecular weight is 689 g/mol. The molecule has 0 spiro atoms. The van der Waals surface area contributed by atoms with Gasteiger partial charge in [0.15, 0.2) is 11.5 Å². The highest BCUT2D eigenvalue weighted by molar-refractivity contribution is 6.31. The summed E-state index contributed by atoms with van der Waals surface area (Å²) < 4.78 is 21.3. The number of aromatic nitrogens is 2. The van der Waals surface area contributed by atoms with Gasteiger partial charge in [-0.2, -0.15) is 5.26 Å². The number of halogens is 2. The fourth-order valence-corrected chi connectivity index (χ4v) is 7.65. The van der Waals surface area contributed by atoms with Crippen molar-refractivity contribution in [2.75, 3.05) is 42.5 Å². The second-order valence-corrected chi connectivity index (χ2v) is 14.3. The largest absolute Gasteiger partial charge is 0.489 e. The molecule has 2 aliphatic heterocycles. The van der Waals surface area contributed by atoms with Crippen LogP contribution < -0.4 is 25.2 Å². The zero-order chi connectivity index (χ0) is 35.1. The van der Waals surface area contributed by atoms with Gasteiger partial charge in [0.1, 0.15) is 23.7 Å². The first kappa shape index (κ1) is 34.1.